The largest absolute Gasteiger partial charge is 0.454 e. The molecule has 0 saturated heterocycles. The second kappa shape index (κ2) is 7.71. The van der Waals surface area contributed by atoms with Gasteiger partial charge in [0.15, 0.2) is 12.4 Å². The molecule has 0 saturated carbocycles. The molecule has 4 rings (SSSR count). The third kappa shape index (κ3) is 3.34. The SMILES string of the molecule is CCc1nc2ccccc2c(C(=O)OCC(=O)c2ccc3c(c2)[C@H](C)C(=O)N3)c1C. The summed E-state index contributed by atoms with van der Waals surface area (Å²) in [6.45, 7) is 5.25. The third-order valence-electron chi connectivity index (χ3n) is 5.60. The predicted molar refractivity (Wildman–Crippen MR) is 114 cm³/mol. The highest BCUT2D eigenvalue weighted by atomic mass is 16.5. The van der Waals surface area contributed by atoms with Crippen LogP contribution in [0.4, 0.5) is 5.69 Å². The Balaban J connectivity index is 1.57. The predicted octanol–water partition coefficient (Wildman–Crippen LogP) is 4.20. The number of rotatable bonds is 5. The fraction of sp³-hybridized carbons (Fsp3) is 0.250. The van der Waals surface area contributed by atoms with Gasteiger partial charge >= 0.3 is 5.97 Å². The molecule has 3 aromatic rings. The van der Waals surface area contributed by atoms with Crippen LogP contribution in [0.15, 0.2) is 42.5 Å². The van der Waals surface area contributed by atoms with E-state index < -0.39 is 5.97 Å². The zero-order chi connectivity index (χ0) is 21.4. The Morgan fingerprint density at radius 3 is 2.70 bits per heavy atom. The number of fused-ring (bicyclic) bond motifs is 2. The first-order valence-electron chi connectivity index (χ1n) is 9.94. The second-order valence-electron chi connectivity index (χ2n) is 7.44. The number of hydrogen-bond donors (Lipinski definition) is 1. The molecule has 152 valence electrons. The van der Waals surface area contributed by atoms with Gasteiger partial charge in [0.05, 0.1) is 17.0 Å². The summed E-state index contributed by atoms with van der Waals surface area (Å²) in [6, 6.07) is 12.4. The van der Waals surface area contributed by atoms with Crippen molar-refractivity contribution >= 4 is 34.3 Å². The minimum absolute atomic E-state index is 0.0900. The average molecular weight is 402 g/mol. The van der Waals surface area contributed by atoms with E-state index in [0.717, 1.165) is 22.3 Å². The molecule has 1 atom stereocenters. The molecule has 0 radical (unpaired) electrons. The lowest BCUT2D eigenvalue weighted by Crippen LogP contribution is -2.16. The molecule has 0 fully saturated rings. The number of nitrogens with zero attached hydrogens (tertiary/aromatic N) is 1. The van der Waals surface area contributed by atoms with Crippen molar-refractivity contribution in [2.24, 2.45) is 0 Å². The summed E-state index contributed by atoms with van der Waals surface area (Å²) in [5.41, 5.74) is 4.68. The third-order valence-corrected chi connectivity index (χ3v) is 5.60. The quantitative estimate of drug-likeness (QED) is 0.511. The minimum atomic E-state index is -0.541. The first kappa shape index (κ1) is 19.8. The molecule has 6 nitrogen and oxygen atoms in total. The number of anilines is 1. The van der Waals surface area contributed by atoms with E-state index in [9.17, 15) is 14.4 Å². The maximum atomic E-state index is 12.9. The Kier molecular flexibility index (Phi) is 5.08. The van der Waals surface area contributed by atoms with Gasteiger partial charge in [0.1, 0.15) is 0 Å². The summed E-state index contributed by atoms with van der Waals surface area (Å²) in [5.74, 6) is -1.26. The van der Waals surface area contributed by atoms with Gasteiger partial charge in [-0.15, -0.1) is 0 Å². The highest BCUT2D eigenvalue weighted by Gasteiger charge is 2.27. The van der Waals surface area contributed by atoms with E-state index >= 15 is 0 Å². The number of aryl methyl sites for hydroxylation is 1. The number of benzene rings is 2. The maximum absolute atomic E-state index is 12.9. The number of aromatic nitrogens is 1. The Morgan fingerprint density at radius 1 is 1.17 bits per heavy atom. The number of para-hydroxylation sites is 1. The first-order valence-corrected chi connectivity index (χ1v) is 9.94. The Hall–Kier alpha value is -3.54. The van der Waals surface area contributed by atoms with Crippen LogP contribution in [-0.4, -0.2) is 29.3 Å². The Bertz CT molecular complexity index is 1200. The molecule has 1 aliphatic rings. The van der Waals surface area contributed by atoms with Gasteiger partial charge in [0.25, 0.3) is 0 Å². The van der Waals surface area contributed by atoms with Crippen molar-refractivity contribution in [3.8, 4) is 0 Å². The smallest absolute Gasteiger partial charge is 0.339 e. The number of pyridine rings is 1. The topological polar surface area (TPSA) is 85.4 Å². The number of amides is 1. The lowest BCUT2D eigenvalue weighted by Gasteiger charge is -2.13. The van der Waals surface area contributed by atoms with Crippen LogP contribution in [0, 0.1) is 6.92 Å². The molecule has 30 heavy (non-hydrogen) atoms. The zero-order valence-electron chi connectivity index (χ0n) is 17.1. The molecule has 0 spiro atoms. The van der Waals surface area contributed by atoms with Gasteiger partial charge in [0, 0.05) is 22.3 Å². The van der Waals surface area contributed by atoms with E-state index in [4.69, 9.17) is 4.74 Å². The van der Waals surface area contributed by atoms with Gasteiger partial charge in [-0.05, 0) is 55.7 Å². The van der Waals surface area contributed by atoms with Crippen molar-refractivity contribution in [3.63, 3.8) is 0 Å². The van der Waals surface area contributed by atoms with Crippen LogP contribution < -0.4 is 5.32 Å². The lowest BCUT2D eigenvalue weighted by molar-refractivity contribution is -0.116. The van der Waals surface area contributed by atoms with Crippen molar-refractivity contribution in [1.29, 1.82) is 0 Å². The number of carbonyl (C=O) groups is 3. The highest BCUT2D eigenvalue weighted by Crippen LogP contribution is 2.32. The van der Waals surface area contributed by atoms with Crippen LogP contribution in [0.25, 0.3) is 10.9 Å². The molecule has 1 aliphatic heterocycles. The van der Waals surface area contributed by atoms with Gasteiger partial charge in [-0.25, -0.2) is 4.79 Å². The number of nitrogens with one attached hydrogen (secondary N) is 1. The minimum Gasteiger partial charge on any atom is -0.454 e. The molecular weight excluding hydrogens is 380 g/mol. The van der Waals surface area contributed by atoms with Crippen molar-refractivity contribution in [2.75, 3.05) is 11.9 Å². The first-order chi connectivity index (χ1) is 14.4. The fourth-order valence-corrected chi connectivity index (χ4v) is 3.84. The number of Topliss-reactive ketones (excluding diaryl/α,β-unsaturated/α-hetero) is 1. The van der Waals surface area contributed by atoms with E-state index in [1.807, 2.05) is 38.1 Å². The zero-order valence-corrected chi connectivity index (χ0v) is 17.1. The lowest BCUT2D eigenvalue weighted by atomic mass is 9.99. The van der Waals surface area contributed by atoms with Gasteiger partial charge in [0.2, 0.25) is 5.91 Å². The fourth-order valence-electron chi connectivity index (χ4n) is 3.84. The van der Waals surface area contributed by atoms with Crippen LogP contribution in [0.2, 0.25) is 0 Å². The molecule has 1 aromatic heterocycles. The van der Waals surface area contributed by atoms with E-state index in [1.54, 1.807) is 25.1 Å². The molecule has 2 aromatic carbocycles. The number of carbonyl (C=O) groups excluding carboxylic acids is 3. The van der Waals surface area contributed by atoms with Gasteiger partial charge in [-0.1, -0.05) is 25.1 Å². The van der Waals surface area contributed by atoms with Crippen LogP contribution in [-0.2, 0) is 16.0 Å². The highest BCUT2D eigenvalue weighted by molar-refractivity contribution is 6.07. The van der Waals surface area contributed by atoms with E-state index in [2.05, 4.69) is 10.3 Å². The van der Waals surface area contributed by atoms with E-state index in [-0.39, 0.29) is 24.2 Å². The Labute approximate surface area is 174 Å². The van der Waals surface area contributed by atoms with Crippen LogP contribution in [0.3, 0.4) is 0 Å². The summed E-state index contributed by atoms with van der Waals surface area (Å²) >= 11 is 0. The van der Waals surface area contributed by atoms with Gasteiger partial charge in [-0.3, -0.25) is 14.6 Å². The molecule has 0 bridgehead atoms. The van der Waals surface area contributed by atoms with E-state index in [1.165, 1.54) is 0 Å². The summed E-state index contributed by atoms with van der Waals surface area (Å²) in [7, 11) is 0. The van der Waals surface area contributed by atoms with Gasteiger partial charge < -0.3 is 10.1 Å². The van der Waals surface area contributed by atoms with Crippen LogP contribution in [0.5, 0.6) is 0 Å². The molecular formula is C24H22N2O4. The number of ketones is 1. The molecule has 0 unspecified atom stereocenters. The summed E-state index contributed by atoms with van der Waals surface area (Å²) < 4.78 is 5.40. The Morgan fingerprint density at radius 2 is 1.93 bits per heavy atom. The number of esters is 1. The maximum Gasteiger partial charge on any atom is 0.339 e. The number of ether oxygens (including phenoxy) is 1. The molecule has 2 heterocycles. The van der Waals surface area contributed by atoms with Crippen LogP contribution in [0.1, 0.15) is 57.3 Å². The summed E-state index contributed by atoms with van der Waals surface area (Å²) in [6.07, 6.45) is 0.690. The van der Waals surface area contributed by atoms with Crippen molar-refractivity contribution in [2.45, 2.75) is 33.1 Å². The second-order valence-corrected chi connectivity index (χ2v) is 7.44. The molecule has 1 amide bonds. The van der Waals surface area contributed by atoms with E-state index in [0.29, 0.717) is 28.6 Å². The summed E-state index contributed by atoms with van der Waals surface area (Å²) in [5, 5.41) is 3.49. The monoisotopic (exact) mass is 402 g/mol. The number of hydrogen-bond acceptors (Lipinski definition) is 5. The van der Waals surface area contributed by atoms with Crippen molar-refractivity contribution in [3.05, 3.63) is 70.4 Å². The normalized spacial score (nSPS) is 15.0. The van der Waals surface area contributed by atoms with Crippen LogP contribution >= 0.6 is 0 Å². The average Bonchev–Trinajstić information content (AvgIpc) is 3.04. The van der Waals surface area contributed by atoms with Crippen molar-refractivity contribution < 1.29 is 19.1 Å². The van der Waals surface area contributed by atoms with Gasteiger partial charge in [-0.2, -0.15) is 0 Å². The molecule has 6 heteroatoms. The van der Waals surface area contributed by atoms with Crippen molar-refractivity contribution in [1.82, 2.24) is 4.98 Å². The standard InChI is InChI=1S/C24H22N2O4/c1-4-18-14(3)22(16-7-5-6-8-19(16)25-18)24(29)30-12-21(27)15-9-10-20-17(11-15)13(2)23(28)26-20/h5-11,13H,4,12H2,1-3H3,(H,26,28)/t13-/m0/s1. The summed E-state index contributed by atoms with van der Waals surface area (Å²) in [4.78, 5) is 42.0. The molecule has 0 aliphatic carbocycles. The molecule has 1 N–H and O–H groups in total.